The van der Waals surface area contributed by atoms with Crippen molar-refractivity contribution in [2.45, 2.75) is 57.8 Å². The molecule has 14 rings (SSSR count). The van der Waals surface area contributed by atoms with Crippen molar-refractivity contribution < 1.29 is 25.8 Å². The van der Waals surface area contributed by atoms with Gasteiger partial charge in [-0.05, 0) is 116 Å². The van der Waals surface area contributed by atoms with E-state index in [4.69, 9.17) is 9.72 Å². The molecule has 0 atom stereocenters. The van der Waals surface area contributed by atoms with Crippen molar-refractivity contribution in [3.63, 3.8) is 0 Å². The van der Waals surface area contributed by atoms with Crippen molar-refractivity contribution in [3.05, 3.63) is 283 Å². The summed E-state index contributed by atoms with van der Waals surface area (Å²) in [4.78, 5) is 9.68. The molecule has 0 spiro atoms. The fraction of sp³-hybridized carbons (Fsp3) is 0.155. The summed E-state index contributed by atoms with van der Waals surface area (Å²) in [6.45, 7) is 12.1. The molecule has 1 aliphatic heterocycles. The molecule has 3 aliphatic rings. The molecule has 0 saturated heterocycles. The number of hydrogen-bond acceptors (Lipinski definition) is 4. The van der Waals surface area contributed by atoms with Crippen LogP contribution in [0.4, 0.5) is 22.7 Å². The molecule has 2 aliphatic carbocycles. The molecule has 5 nitrogen and oxygen atoms in total. The molecule has 0 bridgehead atoms. The number of fused-ring (bicyclic) bond motifs is 7. The van der Waals surface area contributed by atoms with Crippen molar-refractivity contribution in [3.8, 4) is 28.4 Å². The maximum Gasteiger partial charge on any atom is 0.135 e. The van der Waals surface area contributed by atoms with Crippen LogP contribution in [0.25, 0.3) is 38.8 Å². The van der Waals surface area contributed by atoms with Crippen LogP contribution in [0, 0.1) is 29.6 Å². The van der Waals surface area contributed by atoms with Crippen molar-refractivity contribution in [1.29, 1.82) is 0 Å². The van der Waals surface area contributed by atoms with Crippen molar-refractivity contribution in [1.82, 2.24) is 9.55 Å². The van der Waals surface area contributed by atoms with Crippen LogP contribution in [0.2, 0.25) is 0 Å². The molecular weight excluding hydrogens is 1120 g/mol. The van der Waals surface area contributed by atoms with Crippen molar-refractivity contribution >= 4 is 44.6 Å². The predicted octanol–water partition coefficient (Wildman–Crippen LogP) is 17.9. The Hall–Kier alpha value is -7.98. The molecule has 9 aromatic carbocycles. The third kappa shape index (κ3) is 7.34. The second-order valence-electron chi connectivity index (χ2n) is 22.2. The number of nitrogens with zero attached hydrogens (tertiary/aromatic N) is 4. The van der Waals surface area contributed by atoms with E-state index in [0.717, 1.165) is 63.2 Å². The Morgan fingerprint density at radius 2 is 1.10 bits per heavy atom. The molecule has 2 aromatic heterocycles. The van der Waals surface area contributed by atoms with Crippen LogP contribution in [0.1, 0.15) is 80.3 Å². The van der Waals surface area contributed by atoms with E-state index in [9.17, 15) is 0 Å². The molecule has 11 aromatic rings. The first-order valence-electron chi connectivity index (χ1n) is 26.7. The van der Waals surface area contributed by atoms with Gasteiger partial charge in [0.05, 0.1) is 5.41 Å². The molecule has 1 fully saturated rings. The van der Waals surface area contributed by atoms with Crippen LogP contribution < -0.4 is 14.5 Å². The van der Waals surface area contributed by atoms with Crippen LogP contribution in [0.3, 0.4) is 0 Å². The van der Waals surface area contributed by atoms with Gasteiger partial charge in [0.15, 0.2) is 0 Å². The minimum Gasteiger partial charge on any atom is -0.509 e. The number of para-hydroxylation sites is 3. The number of anilines is 4. The third-order valence-corrected chi connectivity index (χ3v) is 17.4. The smallest absolute Gasteiger partial charge is 0.135 e. The molecule has 1 saturated carbocycles. The largest absolute Gasteiger partial charge is 0.509 e. The monoisotopic (exact) mass is 1180 g/mol. The van der Waals surface area contributed by atoms with E-state index in [1.54, 1.807) is 0 Å². The molecular formula is C71H57N4OPt-3. The number of rotatable bonds is 9. The maximum atomic E-state index is 6.81. The molecule has 0 N–H and O–H groups in total. The number of benzene rings is 9. The summed E-state index contributed by atoms with van der Waals surface area (Å²) < 4.78 is 9.08. The van der Waals surface area contributed by atoms with Crippen molar-refractivity contribution in [2.24, 2.45) is 10.8 Å². The molecule has 6 heteroatoms. The van der Waals surface area contributed by atoms with Gasteiger partial charge in [-0.25, -0.2) is 4.98 Å². The fourth-order valence-corrected chi connectivity index (χ4v) is 14.5. The topological polar surface area (TPSA) is 33.5 Å². The summed E-state index contributed by atoms with van der Waals surface area (Å²) in [6, 6.07) is 88.6. The zero-order valence-corrected chi connectivity index (χ0v) is 45.9. The normalized spacial score (nSPS) is 16.4. The molecule has 3 heterocycles. The van der Waals surface area contributed by atoms with Crippen LogP contribution >= 0.6 is 0 Å². The van der Waals surface area contributed by atoms with E-state index in [1.165, 1.54) is 50.9 Å². The summed E-state index contributed by atoms with van der Waals surface area (Å²) in [5, 5.41) is 2.23. The van der Waals surface area contributed by atoms with E-state index < -0.39 is 5.41 Å². The van der Waals surface area contributed by atoms with E-state index in [2.05, 4.69) is 267 Å². The number of ether oxygens (including phenoxy) is 1. The van der Waals surface area contributed by atoms with Crippen LogP contribution in [0.5, 0.6) is 11.5 Å². The van der Waals surface area contributed by atoms with Gasteiger partial charge < -0.3 is 19.1 Å². The van der Waals surface area contributed by atoms with Gasteiger partial charge in [0.1, 0.15) is 5.82 Å². The Balaban J connectivity index is 0.00000566. The van der Waals surface area contributed by atoms with E-state index in [-0.39, 0.29) is 37.3 Å². The summed E-state index contributed by atoms with van der Waals surface area (Å²) in [5.41, 5.74) is 15.4. The Morgan fingerprint density at radius 1 is 0.494 bits per heavy atom. The average molecular weight is 1180 g/mol. The average Bonchev–Trinajstić information content (AvgIpc) is 4.28. The minimum absolute atomic E-state index is 0. The fourth-order valence-electron chi connectivity index (χ4n) is 14.5. The van der Waals surface area contributed by atoms with Gasteiger partial charge in [-0.3, -0.25) is 0 Å². The molecule has 380 valence electrons. The second kappa shape index (κ2) is 18.6. The first-order valence-corrected chi connectivity index (χ1v) is 26.7. The van der Waals surface area contributed by atoms with Gasteiger partial charge in [-0.2, -0.15) is 12.1 Å². The van der Waals surface area contributed by atoms with E-state index >= 15 is 0 Å². The minimum atomic E-state index is -0.508. The summed E-state index contributed by atoms with van der Waals surface area (Å²) >= 11 is 0. The van der Waals surface area contributed by atoms with Gasteiger partial charge in [0, 0.05) is 66.8 Å². The zero-order valence-electron chi connectivity index (χ0n) is 43.7. The molecule has 0 amide bonds. The Morgan fingerprint density at radius 3 is 1.83 bits per heavy atom. The van der Waals surface area contributed by atoms with Gasteiger partial charge in [-0.15, -0.1) is 48.1 Å². The maximum absolute atomic E-state index is 6.81. The quantitative estimate of drug-likeness (QED) is 0.135. The standard InChI is InChI=1S/C71H57N4O.Pt/c1-68(2)41-21-42-69(3,4)71(68,51-26-12-7-13-27-51)52-40-43-72-67(44-52)75-63-33-17-15-31-59(63)60-39-37-56(47-66(60)75)76-55-29-20-28-53(45-55)73-48-74(65-35-19-18-34-64(65)73)54-36-38-58-57-30-14-16-32-61(57)70(62(58)46-54,49-22-8-5-9-23-49)50-24-10-6-11-25-50;/h5-20,22-40,43-44,46,48H,21,41-42H2,1-4H3;/q-3;. The van der Waals surface area contributed by atoms with Gasteiger partial charge >= 0.3 is 0 Å². The first-order chi connectivity index (χ1) is 37.2. The SMILES string of the molecule is CC1(C)CCCC(C)(C)C1(c1ccccc1)c1ccnc(-n2c3[c-]c(Oc4[c-]c(N5[CH-]N(c6ccc7c(c6)C(c6ccccc6)(c6ccccc6)c6ccccc6-7)c6ccccc65)ccc4)ccc3c3ccccc32)c1.[Pt]. The van der Waals surface area contributed by atoms with Crippen LogP contribution in [0.15, 0.2) is 231 Å². The summed E-state index contributed by atoms with van der Waals surface area (Å²) in [5.74, 6) is 2.06. The predicted molar refractivity (Wildman–Crippen MR) is 310 cm³/mol. The van der Waals surface area contributed by atoms with Gasteiger partial charge in [-0.1, -0.05) is 191 Å². The molecule has 77 heavy (non-hydrogen) atoms. The zero-order chi connectivity index (χ0) is 51.2. The first kappa shape index (κ1) is 48.6. The molecule has 0 radical (unpaired) electrons. The third-order valence-electron chi connectivity index (χ3n) is 17.4. The van der Waals surface area contributed by atoms with Gasteiger partial charge in [0.25, 0.3) is 0 Å². The Bertz CT molecular complexity index is 3960. The molecule has 0 unspecified atom stereocenters. The number of pyridine rings is 1. The summed E-state index contributed by atoms with van der Waals surface area (Å²) in [7, 11) is 0. The van der Waals surface area contributed by atoms with Crippen LogP contribution in [-0.2, 0) is 31.9 Å². The van der Waals surface area contributed by atoms with Crippen LogP contribution in [-0.4, -0.2) is 9.55 Å². The van der Waals surface area contributed by atoms with E-state index in [1.807, 2.05) is 24.4 Å². The number of aromatic nitrogens is 2. The Kier molecular flexibility index (Phi) is 11.8. The summed E-state index contributed by atoms with van der Waals surface area (Å²) in [6.07, 6.45) is 5.50. The van der Waals surface area contributed by atoms with Gasteiger partial charge in [0.2, 0.25) is 0 Å². The second-order valence-corrected chi connectivity index (χ2v) is 22.2. The number of hydrogen-bond donors (Lipinski definition) is 0. The van der Waals surface area contributed by atoms with E-state index in [0.29, 0.717) is 11.5 Å². The Labute approximate surface area is 466 Å². The van der Waals surface area contributed by atoms with Crippen molar-refractivity contribution in [2.75, 3.05) is 9.80 Å².